The first-order valence-corrected chi connectivity index (χ1v) is 6.35. The Bertz CT molecular complexity index is 671. The van der Waals surface area contributed by atoms with Gasteiger partial charge in [-0.1, -0.05) is 36.4 Å². The van der Waals surface area contributed by atoms with Crippen molar-refractivity contribution in [3.05, 3.63) is 69.8 Å². The van der Waals surface area contributed by atoms with Crippen LogP contribution in [0.1, 0.15) is 17.2 Å². The van der Waals surface area contributed by atoms with E-state index in [-0.39, 0.29) is 5.69 Å². The van der Waals surface area contributed by atoms with E-state index in [1.54, 1.807) is 43.3 Å². The van der Waals surface area contributed by atoms with Gasteiger partial charge < -0.3 is 11.1 Å². The van der Waals surface area contributed by atoms with Gasteiger partial charge in [0.2, 0.25) is 5.91 Å². The number of aryl methyl sites for hydroxylation is 1. The predicted molar refractivity (Wildman–Crippen MR) is 79.8 cm³/mol. The molecule has 0 heterocycles. The Labute approximate surface area is 121 Å². The van der Waals surface area contributed by atoms with Gasteiger partial charge in [-0.15, -0.1) is 0 Å². The van der Waals surface area contributed by atoms with Gasteiger partial charge in [0.25, 0.3) is 5.69 Å². The molecule has 1 unspecified atom stereocenters. The first kappa shape index (κ1) is 14.7. The number of anilines is 1. The number of hydrogen-bond acceptors (Lipinski definition) is 4. The number of nitrogens with zero attached hydrogens (tertiary/aromatic N) is 1. The van der Waals surface area contributed by atoms with Crippen LogP contribution in [0.25, 0.3) is 0 Å². The molecule has 0 radical (unpaired) electrons. The standard InChI is InChI=1S/C15H15N3O3/c1-10-7-8-12(9-13(10)18(20)21)17-15(19)14(16)11-5-3-2-4-6-11/h2-9,14H,16H2,1H3,(H,17,19). The molecule has 2 aromatic rings. The summed E-state index contributed by atoms with van der Waals surface area (Å²) in [7, 11) is 0. The number of hydrogen-bond donors (Lipinski definition) is 2. The molecule has 0 aliphatic rings. The molecule has 2 aromatic carbocycles. The van der Waals surface area contributed by atoms with Crippen molar-refractivity contribution in [2.45, 2.75) is 13.0 Å². The first-order valence-electron chi connectivity index (χ1n) is 6.35. The van der Waals surface area contributed by atoms with E-state index in [1.165, 1.54) is 6.07 Å². The van der Waals surface area contributed by atoms with Gasteiger partial charge in [-0.3, -0.25) is 14.9 Å². The minimum Gasteiger partial charge on any atom is -0.324 e. The van der Waals surface area contributed by atoms with E-state index < -0.39 is 16.9 Å². The Morgan fingerprint density at radius 2 is 1.90 bits per heavy atom. The molecule has 3 N–H and O–H groups in total. The molecule has 0 aromatic heterocycles. The second-order valence-electron chi connectivity index (χ2n) is 4.64. The lowest BCUT2D eigenvalue weighted by Crippen LogP contribution is -2.27. The maximum absolute atomic E-state index is 12.1. The summed E-state index contributed by atoms with van der Waals surface area (Å²) in [6.45, 7) is 1.64. The fourth-order valence-electron chi connectivity index (χ4n) is 1.92. The highest BCUT2D eigenvalue weighted by atomic mass is 16.6. The van der Waals surface area contributed by atoms with Crippen LogP contribution in [0.4, 0.5) is 11.4 Å². The van der Waals surface area contributed by atoms with Gasteiger partial charge >= 0.3 is 0 Å². The number of benzene rings is 2. The van der Waals surface area contributed by atoms with Crippen LogP contribution in [0.5, 0.6) is 0 Å². The van der Waals surface area contributed by atoms with Gasteiger partial charge in [-0.2, -0.15) is 0 Å². The van der Waals surface area contributed by atoms with E-state index in [2.05, 4.69) is 5.32 Å². The molecule has 0 aliphatic carbocycles. The quantitative estimate of drug-likeness (QED) is 0.666. The molecule has 21 heavy (non-hydrogen) atoms. The molecule has 0 fully saturated rings. The summed E-state index contributed by atoms with van der Waals surface area (Å²) < 4.78 is 0. The molecule has 0 bridgehead atoms. The van der Waals surface area contributed by atoms with Crippen LogP contribution in [0.15, 0.2) is 48.5 Å². The number of amides is 1. The van der Waals surface area contributed by atoms with Gasteiger partial charge in [-0.05, 0) is 18.6 Å². The fraction of sp³-hybridized carbons (Fsp3) is 0.133. The van der Waals surface area contributed by atoms with Crippen molar-refractivity contribution in [3.8, 4) is 0 Å². The van der Waals surface area contributed by atoms with E-state index in [0.717, 1.165) is 0 Å². The maximum atomic E-state index is 12.1. The lowest BCUT2D eigenvalue weighted by atomic mass is 10.1. The van der Waals surface area contributed by atoms with Gasteiger partial charge in [0.05, 0.1) is 4.92 Å². The van der Waals surface area contributed by atoms with E-state index in [1.807, 2.05) is 6.07 Å². The van der Waals surface area contributed by atoms with Crippen molar-refractivity contribution in [3.63, 3.8) is 0 Å². The molecule has 0 aliphatic heterocycles. The SMILES string of the molecule is Cc1ccc(NC(=O)C(N)c2ccccc2)cc1[N+](=O)[O-]. The summed E-state index contributed by atoms with van der Waals surface area (Å²) in [5.74, 6) is -0.417. The zero-order valence-electron chi connectivity index (χ0n) is 11.4. The zero-order chi connectivity index (χ0) is 15.4. The van der Waals surface area contributed by atoms with Crippen LogP contribution >= 0.6 is 0 Å². The number of rotatable bonds is 4. The van der Waals surface area contributed by atoms with E-state index in [9.17, 15) is 14.9 Å². The number of nitrogens with two attached hydrogens (primary N) is 1. The summed E-state index contributed by atoms with van der Waals surface area (Å²) in [6, 6.07) is 12.6. The summed E-state index contributed by atoms with van der Waals surface area (Å²) in [5.41, 5.74) is 7.39. The summed E-state index contributed by atoms with van der Waals surface area (Å²) in [5, 5.41) is 13.5. The van der Waals surface area contributed by atoms with Crippen molar-refractivity contribution in [1.29, 1.82) is 0 Å². The summed E-state index contributed by atoms with van der Waals surface area (Å²) in [4.78, 5) is 22.5. The highest BCUT2D eigenvalue weighted by molar-refractivity contribution is 5.95. The number of nitro groups is 1. The van der Waals surface area contributed by atoms with Gasteiger partial charge in [0.15, 0.2) is 0 Å². The van der Waals surface area contributed by atoms with Crippen LogP contribution in [0, 0.1) is 17.0 Å². The van der Waals surface area contributed by atoms with Crippen molar-refractivity contribution < 1.29 is 9.72 Å². The highest BCUT2D eigenvalue weighted by Crippen LogP contribution is 2.23. The molecule has 6 nitrogen and oxygen atoms in total. The molecular weight excluding hydrogens is 270 g/mol. The van der Waals surface area contributed by atoms with Crippen molar-refractivity contribution >= 4 is 17.3 Å². The Hall–Kier alpha value is -2.73. The molecule has 1 amide bonds. The molecular formula is C15H15N3O3. The van der Waals surface area contributed by atoms with Gasteiger partial charge in [0, 0.05) is 17.3 Å². The molecule has 0 saturated heterocycles. The normalized spacial score (nSPS) is 11.7. The highest BCUT2D eigenvalue weighted by Gasteiger charge is 2.17. The van der Waals surface area contributed by atoms with E-state index in [4.69, 9.17) is 5.73 Å². The lowest BCUT2D eigenvalue weighted by molar-refractivity contribution is -0.385. The summed E-state index contributed by atoms with van der Waals surface area (Å²) in [6.07, 6.45) is 0. The van der Waals surface area contributed by atoms with Crippen molar-refractivity contribution in [2.24, 2.45) is 5.73 Å². The third-order valence-corrected chi connectivity index (χ3v) is 3.11. The molecule has 0 saturated carbocycles. The number of nitro benzene ring substituents is 1. The third-order valence-electron chi connectivity index (χ3n) is 3.11. The van der Waals surface area contributed by atoms with E-state index >= 15 is 0 Å². The fourth-order valence-corrected chi connectivity index (χ4v) is 1.92. The van der Waals surface area contributed by atoms with Crippen LogP contribution in [-0.2, 0) is 4.79 Å². The second-order valence-corrected chi connectivity index (χ2v) is 4.64. The number of carbonyl (C=O) groups excluding carboxylic acids is 1. The van der Waals surface area contributed by atoms with Crippen molar-refractivity contribution in [1.82, 2.24) is 0 Å². The Morgan fingerprint density at radius 3 is 2.52 bits per heavy atom. The van der Waals surface area contributed by atoms with Gasteiger partial charge in [0.1, 0.15) is 6.04 Å². The van der Waals surface area contributed by atoms with Crippen LogP contribution < -0.4 is 11.1 Å². The summed E-state index contributed by atoms with van der Waals surface area (Å²) >= 11 is 0. The van der Waals surface area contributed by atoms with Gasteiger partial charge in [-0.25, -0.2) is 0 Å². The maximum Gasteiger partial charge on any atom is 0.274 e. The Morgan fingerprint density at radius 1 is 1.24 bits per heavy atom. The molecule has 1 atom stereocenters. The molecule has 108 valence electrons. The van der Waals surface area contributed by atoms with Crippen molar-refractivity contribution in [2.75, 3.05) is 5.32 Å². The molecule has 2 rings (SSSR count). The lowest BCUT2D eigenvalue weighted by Gasteiger charge is -2.12. The number of nitrogens with one attached hydrogen (secondary N) is 1. The third kappa shape index (κ3) is 3.43. The van der Waals surface area contributed by atoms with E-state index in [0.29, 0.717) is 16.8 Å². The monoisotopic (exact) mass is 285 g/mol. The zero-order valence-corrected chi connectivity index (χ0v) is 11.4. The average Bonchev–Trinajstić information content (AvgIpc) is 2.49. The Balaban J connectivity index is 2.16. The smallest absolute Gasteiger partial charge is 0.274 e. The minimum absolute atomic E-state index is 0.0407. The van der Waals surface area contributed by atoms with Crippen LogP contribution in [0.3, 0.4) is 0 Å². The first-order chi connectivity index (χ1) is 9.99. The average molecular weight is 285 g/mol. The molecule has 0 spiro atoms. The van der Waals surface area contributed by atoms with Crippen LogP contribution in [-0.4, -0.2) is 10.8 Å². The minimum atomic E-state index is -0.827. The predicted octanol–water partition coefficient (Wildman–Crippen LogP) is 2.54. The Kier molecular flexibility index (Phi) is 4.30. The number of carbonyl (C=O) groups is 1. The topological polar surface area (TPSA) is 98.3 Å². The molecule has 6 heteroatoms. The second kappa shape index (κ2) is 6.15. The van der Waals surface area contributed by atoms with Crippen LogP contribution in [0.2, 0.25) is 0 Å². The largest absolute Gasteiger partial charge is 0.324 e.